The molecule has 0 aromatic heterocycles. The summed E-state index contributed by atoms with van der Waals surface area (Å²) in [5.74, 6) is -1.75. The molecule has 0 fully saturated rings. The van der Waals surface area contributed by atoms with Crippen molar-refractivity contribution >= 4 is 18.0 Å². The minimum Gasteiger partial charge on any atom is -0.480 e. The van der Waals surface area contributed by atoms with Crippen LogP contribution in [0, 0.1) is 0 Å². The molecule has 3 N–H and O–H groups in total. The topological polar surface area (TPSA) is 114 Å². The van der Waals surface area contributed by atoms with Crippen molar-refractivity contribution in [3.8, 4) is 11.1 Å². The highest BCUT2D eigenvalue weighted by atomic mass is 16.5. The first kappa shape index (κ1) is 22.3. The van der Waals surface area contributed by atoms with Crippen molar-refractivity contribution in [1.29, 1.82) is 0 Å². The highest BCUT2D eigenvalue weighted by Crippen LogP contribution is 2.44. The van der Waals surface area contributed by atoms with E-state index in [0.717, 1.165) is 22.3 Å². The fourth-order valence-corrected chi connectivity index (χ4v) is 3.77. The number of hydrogen-bond acceptors (Lipinski definition) is 5. The molecule has 164 valence electrons. The number of alkyl carbamates (subject to hydrolysis) is 1. The molecule has 1 unspecified atom stereocenters. The number of carbonyl (C=O) groups is 3. The summed E-state index contributed by atoms with van der Waals surface area (Å²) in [4.78, 5) is 35.4. The zero-order valence-corrected chi connectivity index (χ0v) is 17.5. The lowest BCUT2D eigenvalue weighted by molar-refractivity contribution is -0.143. The predicted octanol–water partition coefficient (Wildman–Crippen LogP) is 2.52. The summed E-state index contributed by atoms with van der Waals surface area (Å²) in [6.07, 6.45) is -0.716. The first-order chi connectivity index (χ1) is 14.9. The van der Waals surface area contributed by atoms with Crippen molar-refractivity contribution in [2.45, 2.75) is 31.3 Å². The van der Waals surface area contributed by atoms with Crippen molar-refractivity contribution in [2.24, 2.45) is 0 Å². The van der Waals surface area contributed by atoms with Gasteiger partial charge in [0.15, 0.2) is 6.04 Å². The standard InChI is InChI=1S/C23H26N2O6/c1-14(11-21(26)25-20(13-30-2)22(27)28)24-23(29)31-12-19-17-9-5-3-7-15(17)16-8-4-6-10-18(16)19/h3-10,14,19-20H,11-13H2,1-2H3,(H,24,29)(H,25,26)(H,27,28)/t14?,20-/m0/s1. The van der Waals surface area contributed by atoms with E-state index in [1.807, 2.05) is 36.4 Å². The molecule has 8 heteroatoms. The van der Waals surface area contributed by atoms with Crippen LogP contribution in [0.4, 0.5) is 4.79 Å². The minimum atomic E-state index is -1.19. The summed E-state index contributed by atoms with van der Waals surface area (Å²) in [5.41, 5.74) is 4.51. The minimum absolute atomic E-state index is 0.0536. The van der Waals surface area contributed by atoms with Gasteiger partial charge in [-0.3, -0.25) is 4.79 Å². The Morgan fingerprint density at radius 3 is 2.13 bits per heavy atom. The Hall–Kier alpha value is -3.39. The fourth-order valence-electron chi connectivity index (χ4n) is 3.77. The first-order valence-corrected chi connectivity index (χ1v) is 10.0. The van der Waals surface area contributed by atoms with Gasteiger partial charge in [-0.15, -0.1) is 0 Å². The number of fused-ring (bicyclic) bond motifs is 3. The maximum absolute atomic E-state index is 12.3. The molecule has 31 heavy (non-hydrogen) atoms. The monoisotopic (exact) mass is 426 g/mol. The van der Waals surface area contributed by atoms with Crippen LogP contribution in [0.2, 0.25) is 0 Å². The van der Waals surface area contributed by atoms with Gasteiger partial charge in [-0.05, 0) is 29.2 Å². The lowest BCUT2D eigenvalue weighted by Gasteiger charge is -2.18. The van der Waals surface area contributed by atoms with E-state index in [0.29, 0.717) is 0 Å². The van der Waals surface area contributed by atoms with Gasteiger partial charge in [0.2, 0.25) is 5.91 Å². The maximum Gasteiger partial charge on any atom is 0.407 e. The van der Waals surface area contributed by atoms with Crippen LogP contribution in [-0.2, 0) is 19.1 Å². The third-order valence-electron chi connectivity index (χ3n) is 5.17. The average molecular weight is 426 g/mol. The van der Waals surface area contributed by atoms with E-state index < -0.39 is 30.1 Å². The van der Waals surface area contributed by atoms with E-state index in [1.54, 1.807) is 6.92 Å². The highest BCUT2D eigenvalue weighted by molar-refractivity contribution is 5.84. The summed E-state index contributed by atoms with van der Waals surface area (Å²) in [6.45, 7) is 1.68. The first-order valence-electron chi connectivity index (χ1n) is 10.0. The fraction of sp³-hybridized carbons (Fsp3) is 0.348. The molecule has 2 aromatic carbocycles. The van der Waals surface area contributed by atoms with Crippen molar-refractivity contribution in [1.82, 2.24) is 10.6 Å². The van der Waals surface area contributed by atoms with Gasteiger partial charge in [0, 0.05) is 25.5 Å². The summed E-state index contributed by atoms with van der Waals surface area (Å²) in [6, 6.07) is 14.4. The third kappa shape index (κ3) is 5.40. The SMILES string of the molecule is COC[C@H](NC(=O)CC(C)NC(=O)OCC1c2ccccc2-c2ccccc21)C(=O)O. The molecular formula is C23H26N2O6. The van der Waals surface area contributed by atoms with Gasteiger partial charge in [0.05, 0.1) is 6.61 Å². The number of carboxylic acids is 1. The number of benzene rings is 2. The van der Waals surface area contributed by atoms with Crippen LogP contribution in [0.15, 0.2) is 48.5 Å². The van der Waals surface area contributed by atoms with E-state index in [2.05, 4.69) is 22.8 Å². The molecule has 2 atom stereocenters. The summed E-state index contributed by atoms with van der Waals surface area (Å²) >= 11 is 0. The second-order valence-electron chi connectivity index (χ2n) is 7.49. The highest BCUT2D eigenvalue weighted by Gasteiger charge is 2.29. The number of rotatable bonds is 9. The van der Waals surface area contributed by atoms with Crippen molar-refractivity contribution in [2.75, 3.05) is 20.3 Å². The van der Waals surface area contributed by atoms with E-state index in [1.165, 1.54) is 7.11 Å². The van der Waals surface area contributed by atoms with Crippen molar-refractivity contribution in [3.63, 3.8) is 0 Å². The summed E-state index contributed by atoms with van der Waals surface area (Å²) < 4.78 is 10.2. The quantitative estimate of drug-likeness (QED) is 0.568. The normalized spacial score (nSPS) is 14.1. The average Bonchev–Trinajstić information content (AvgIpc) is 3.05. The van der Waals surface area contributed by atoms with Gasteiger partial charge in [0.1, 0.15) is 6.61 Å². The Balaban J connectivity index is 1.52. The van der Waals surface area contributed by atoms with Crippen molar-refractivity contribution in [3.05, 3.63) is 59.7 Å². The largest absolute Gasteiger partial charge is 0.480 e. The molecule has 2 amide bonds. The van der Waals surface area contributed by atoms with Crippen LogP contribution in [0.5, 0.6) is 0 Å². The molecule has 0 saturated heterocycles. The van der Waals surface area contributed by atoms with Gasteiger partial charge >= 0.3 is 12.1 Å². The Morgan fingerprint density at radius 1 is 1.00 bits per heavy atom. The van der Waals surface area contributed by atoms with Crippen LogP contribution < -0.4 is 10.6 Å². The molecule has 2 aromatic rings. The maximum atomic E-state index is 12.3. The van der Waals surface area contributed by atoms with E-state index >= 15 is 0 Å². The number of amides is 2. The molecule has 0 spiro atoms. The number of carboxylic acid groups (broad SMARTS) is 1. The molecule has 1 aliphatic rings. The number of carbonyl (C=O) groups excluding carboxylic acids is 2. The van der Waals surface area contributed by atoms with Crippen LogP contribution in [0.25, 0.3) is 11.1 Å². The molecule has 3 rings (SSSR count). The Kier molecular flexibility index (Phi) is 7.25. The Morgan fingerprint density at radius 2 is 1.58 bits per heavy atom. The van der Waals surface area contributed by atoms with E-state index in [9.17, 15) is 14.4 Å². The molecule has 0 saturated carbocycles. The summed E-state index contributed by atoms with van der Waals surface area (Å²) in [5, 5.41) is 14.0. The van der Waals surface area contributed by atoms with E-state index in [-0.39, 0.29) is 25.6 Å². The lowest BCUT2D eigenvalue weighted by atomic mass is 9.98. The lowest BCUT2D eigenvalue weighted by Crippen LogP contribution is -2.46. The third-order valence-corrected chi connectivity index (χ3v) is 5.17. The molecule has 1 aliphatic carbocycles. The number of ether oxygens (including phenoxy) is 2. The molecule has 0 aliphatic heterocycles. The summed E-state index contributed by atoms with van der Waals surface area (Å²) in [7, 11) is 1.35. The molecule has 0 heterocycles. The van der Waals surface area contributed by atoms with Crippen LogP contribution in [0.3, 0.4) is 0 Å². The van der Waals surface area contributed by atoms with Crippen LogP contribution in [-0.4, -0.2) is 55.5 Å². The van der Waals surface area contributed by atoms with E-state index in [4.69, 9.17) is 14.6 Å². The molecule has 8 nitrogen and oxygen atoms in total. The number of nitrogens with one attached hydrogen (secondary N) is 2. The number of methoxy groups -OCH3 is 1. The molecular weight excluding hydrogens is 400 g/mol. The molecule has 0 radical (unpaired) electrons. The zero-order chi connectivity index (χ0) is 22.4. The Bertz CT molecular complexity index is 915. The van der Waals surface area contributed by atoms with Gasteiger partial charge in [-0.2, -0.15) is 0 Å². The van der Waals surface area contributed by atoms with Crippen LogP contribution in [0.1, 0.15) is 30.4 Å². The smallest absolute Gasteiger partial charge is 0.407 e. The second kappa shape index (κ2) is 10.1. The second-order valence-corrected chi connectivity index (χ2v) is 7.49. The van der Waals surface area contributed by atoms with Crippen LogP contribution >= 0.6 is 0 Å². The van der Waals surface area contributed by atoms with Gasteiger partial charge < -0.3 is 25.2 Å². The number of hydrogen-bond donors (Lipinski definition) is 3. The van der Waals surface area contributed by atoms with Gasteiger partial charge in [-0.1, -0.05) is 48.5 Å². The zero-order valence-electron chi connectivity index (χ0n) is 17.5. The Labute approximate surface area is 180 Å². The van der Waals surface area contributed by atoms with Gasteiger partial charge in [0.25, 0.3) is 0 Å². The number of aliphatic carboxylic acids is 1. The van der Waals surface area contributed by atoms with Gasteiger partial charge in [-0.25, -0.2) is 9.59 Å². The molecule has 0 bridgehead atoms. The predicted molar refractivity (Wildman–Crippen MR) is 114 cm³/mol. The van der Waals surface area contributed by atoms with Crippen molar-refractivity contribution < 1.29 is 29.0 Å².